The predicted molar refractivity (Wildman–Crippen MR) is 73.7 cm³/mol. The number of rotatable bonds is 4. The number of aliphatic hydroxyl groups is 2. The fourth-order valence-corrected chi connectivity index (χ4v) is 5.28. The summed E-state index contributed by atoms with van der Waals surface area (Å²) < 4.78 is 5.14. The van der Waals surface area contributed by atoms with Crippen molar-refractivity contribution in [3.05, 3.63) is 0 Å². The molecule has 3 fully saturated rings. The van der Waals surface area contributed by atoms with Gasteiger partial charge in [-0.25, -0.2) is 0 Å². The Labute approximate surface area is 120 Å². The molecule has 0 amide bonds. The third-order valence-electron chi connectivity index (χ3n) is 6.45. The second-order valence-electron chi connectivity index (χ2n) is 7.24. The Morgan fingerprint density at radius 2 is 1.65 bits per heavy atom. The Bertz CT molecular complexity index is 361. The van der Waals surface area contributed by atoms with Crippen molar-refractivity contribution in [1.29, 1.82) is 0 Å². The van der Waals surface area contributed by atoms with Gasteiger partial charge in [0.2, 0.25) is 0 Å². The normalized spacial score (nSPS) is 47.3. The smallest absolute Gasteiger partial charge is 0.309 e. The molecular weight excluding hydrogens is 256 g/mol. The van der Waals surface area contributed by atoms with E-state index in [9.17, 15) is 9.90 Å². The van der Waals surface area contributed by atoms with Gasteiger partial charge in [-0.2, -0.15) is 0 Å². The second kappa shape index (κ2) is 5.30. The van der Waals surface area contributed by atoms with Crippen LogP contribution in [0.4, 0.5) is 0 Å². The SMILES string of the molecule is CC1C(C)C2CC1C1CC(C(=O)OCC(O)CO)CC21. The quantitative estimate of drug-likeness (QED) is 0.766. The zero-order chi connectivity index (χ0) is 14.4. The number of fused-ring (bicyclic) bond motifs is 5. The first-order valence-corrected chi connectivity index (χ1v) is 7.98. The Hall–Kier alpha value is -0.610. The van der Waals surface area contributed by atoms with E-state index in [-0.39, 0.29) is 25.1 Å². The zero-order valence-electron chi connectivity index (χ0n) is 12.4. The first-order valence-electron chi connectivity index (χ1n) is 7.98. The van der Waals surface area contributed by atoms with Crippen molar-refractivity contribution in [2.24, 2.45) is 41.4 Å². The summed E-state index contributed by atoms with van der Waals surface area (Å²) in [5.41, 5.74) is 0. The first-order chi connectivity index (χ1) is 9.52. The highest BCUT2D eigenvalue weighted by molar-refractivity contribution is 5.73. The molecule has 0 spiro atoms. The molecule has 2 N–H and O–H groups in total. The maximum atomic E-state index is 12.1. The topological polar surface area (TPSA) is 66.8 Å². The summed E-state index contributed by atoms with van der Waals surface area (Å²) in [6, 6.07) is 0. The number of aliphatic hydroxyl groups excluding tert-OH is 2. The van der Waals surface area contributed by atoms with Crippen LogP contribution in [0.1, 0.15) is 33.1 Å². The Morgan fingerprint density at radius 1 is 1.10 bits per heavy atom. The van der Waals surface area contributed by atoms with Gasteiger partial charge < -0.3 is 14.9 Å². The molecule has 4 heteroatoms. The summed E-state index contributed by atoms with van der Waals surface area (Å²) in [6.07, 6.45) is 2.35. The number of carbonyl (C=O) groups excluding carboxylic acids is 1. The molecule has 0 aliphatic heterocycles. The molecule has 4 nitrogen and oxygen atoms in total. The summed E-state index contributed by atoms with van der Waals surface area (Å²) in [6.45, 7) is 4.30. The minimum absolute atomic E-state index is 0.0127. The van der Waals surface area contributed by atoms with Crippen molar-refractivity contribution in [2.75, 3.05) is 13.2 Å². The number of carbonyl (C=O) groups is 1. The molecule has 0 saturated heterocycles. The van der Waals surface area contributed by atoms with Crippen LogP contribution in [0.25, 0.3) is 0 Å². The van der Waals surface area contributed by atoms with Crippen molar-refractivity contribution >= 4 is 5.97 Å². The average molecular weight is 282 g/mol. The van der Waals surface area contributed by atoms with Crippen LogP contribution < -0.4 is 0 Å². The molecule has 114 valence electrons. The maximum Gasteiger partial charge on any atom is 0.309 e. The number of ether oxygens (including phenoxy) is 1. The Balaban J connectivity index is 1.57. The second-order valence-corrected chi connectivity index (χ2v) is 7.24. The van der Waals surface area contributed by atoms with Crippen LogP contribution in [0.3, 0.4) is 0 Å². The number of hydrogen-bond acceptors (Lipinski definition) is 4. The van der Waals surface area contributed by atoms with Crippen LogP contribution in [0, 0.1) is 41.4 Å². The van der Waals surface area contributed by atoms with Crippen molar-refractivity contribution in [1.82, 2.24) is 0 Å². The van der Waals surface area contributed by atoms with Gasteiger partial charge in [0.25, 0.3) is 0 Å². The standard InChI is InChI=1S/C16H26O4/c1-8-9(2)13-5-12(8)14-3-10(4-15(13)14)16(19)20-7-11(18)6-17/h8-15,17-18H,3-7H2,1-2H3. The highest BCUT2D eigenvalue weighted by atomic mass is 16.5. The first kappa shape index (κ1) is 14.3. The molecule has 3 rings (SSSR count). The molecule has 3 aliphatic rings. The van der Waals surface area contributed by atoms with E-state index in [0.29, 0.717) is 11.8 Å². The minimum atomic E-state index is -0.948. The molecule has 0 aromatic carbocycles. The van der Waals surface area contributed by atoms with Crippen LogP contribution in [-0.2, 0) is 9.53 Å². The maximum absolute atomic E-state index is 12.1. The molecular formula is C16H26O4. The van der Waals surface area contributed by atoms with E-state index in [2.05, 4.69) is 13.8 Å². The molecule has 7 unspecified atom stereocenters. The summed E-state index contributed by atoms with van der Waals surface area (Å²) >= 11 is 0. The van der Waals surface area contributed by atoms with Crippen LogP contribution in [-0.4, -0.2) is 35.5 Å². The zero-order valence-corrected chi connectivity index (χ0v) is 12.4. The average Bonchev–Trinajstić information content (AvgIpc) is 3.07. The van der Waals surface area contributed by atoms with Crippen LogP contribution in [0.5, 0.6) is 0 Å². The van der Waals surface area contributed by atoms with Gasteiger partial charge >= 0.3 is 5.97 Å². The molecule has 2 bridgehead atoms. The third-order valence-corrected chi connectivity index (χ3v) is 6.45. The van der Waals surface area contributed by atoms with Gasteiger partial charge in [-0.05, 0) is 54.8 Å². The van der Waals surface area contributed by atoms with Crippen molar-refractivity contribution in [3.63, 3.8) is 0 Å². The van der Waals surface area contributed by atoms with E-state index in [4.69, 9.17) is 9.84 Å². The highest BCUT2D eigenvalue weighted by Gasteiger charge is 2.58. The van der Waals surface area contributed by atoms with Crippen LogP contribution in [0.2, 0.25) is 0 Å². The third kappa shape index (κ3) is 2.17. The van der Waals surface area contributed by atoms with E-state index in [1.54, 1.807) is 0 Å². The lowest BCUT2D eigenvalue weighted by atomic mass is 9.71. The van der Waals surface area contributed by atoms with Crippen LogP contribution >= 0.6 is 0 Å². The van der Waals surface area contributed by atoms with E-state index in [1.807, 2.05) is 0 Å². The monoisotopic (exact) mass is 282 g/mol. The van der Waals surface area contributed by atoms with Crippen molar-refractivity contribution in [3.8, 4) is 0 Å². The fourth-order valence-electron chi connectivity index (χ4n) is 5.28. The van der Waals surface area contributed by atoms with Crippen LogP contribution in [0.15, 0.2) is 0 Å². The molecule has 0 aromatic heterocycles. The number of hydrogen-bond donors (Lipinski definition) is 2. The lowest BCUT2D eigenvalue weighted by Gasteiger charge is -2.34. The van der Waals surface area contributed by atoms with Gasteiger partial charge in [-0.15, -0.1) is 0 Å². The molecule has 3 saturated carbocycles. The Morgan fingerprint density at radius 3 is 2.15 bits per heavy atom. The lowest BCUT2D eigenvalue weighted by molar-refractivity contribution is -0.152. The molecule has 3 aliphatic carbocycles. The molecule has 0 radical (unpaired) electrons. The van der Waals surface area contributed by atoms with E-state index in [1.165, 1.54) is 6.42 Å². The van der Waals surface area contributed by atoms with Gasteiger partial charge in [0, 0.05) is 0 Å². The molecule has 7 atom stereocenters. The van der Waals surface area contributed by atoms with Gasteiger partial charge in [-0.1, -0.05) is 13.8 Å². The minimum Gasteiger partial charge on any atom is -0.463 e. The molecule has 0 heterocycles. The van der Waals surface area contributed by atoms with E-state index >= 15 is 0 Å². The number of esters is 1. The lowest BCUT2D eigenvalue weighted by Crippen LogP contribution is -2.28. The predicted octanol–water partition coefficient (Wildman–Crippen LogP) is 1.45. The van der Waals surface area contributed by atoms with Gasteiger partial charge in [0.15, 0.2) is 0 Å². The summed E-state index contributed by atoms with van der Waals surface area (Å²) in [5.74, 6) is 4.48. The van der Waals surface area contributed by atoms with Crippen molar-refractivity contribution < 1.29 is 19.7 Å². The largest absolute Gasteiger partial charge is 0.463 e. The summed E-state index contributed by atoms with van der Waals surface area (Å²) in [7, 11) is 0. The summed E-state index contributed by atoms with van der Waals surface area (Å²) in [4.78, 5) is 12.1. The van der Waals surface area contributed by atoms with E-state index < -0.39 is 6.10 Å². The Kier molecular flexibility index (Phi) is 3.80. The van der Waals surface area contributed by atoms with E-state index in [0.717, 1.165) is 36.5 Å². The van der Waals surface area contributed by atoms with Crippen molar-refractivity contribution in [2.45, 2.75) is 39.2 Å². The van der Waals surface area contributed by atoms with Gasteiger partial charge in [0.1, 0.15) is 12.7 Å². The van der Waals surface area contributed by atoms with Gasteiger partial charge in [-0.3, -0.25) is 4.79 Å². The molecule has 20 heavy (non-hydrogen) atoms. The highest BCUT2D eigenvalue weighted by Crippen LogP contribution is 2.64. The van der Waals surface area contributed by atoms with Gasteiger partial charge in [0.05, 0.1) is 12.5 Å². The summed E-state index contributed by atoms with van der Waals surface area (Å²) in [5, 5.41) is 18.0. The fraction of sp³-hybridized carbons (Fsp3) is 0.938. The molecule has 0 aromatic rings.